The molecule has 0 aromatic heterocycles. The average molecular weight is 509 g/mol. The van der Waals surface area contributed by atoms with Gasteiger partial charge in [0.15, 0.2) is 5.78 Å². The summed E-state index contributed by atoms with van der Waals surface area (Å²) in [6.07, 6.45) is 0.685. The number of benzene rings is 2. The number of hydrogen-bond acceptors (Lipinski definition) is 6. The molecule has 1 aliphatic heterocycles. The Morgan fingerprint density at radius 3 is 2.08 bits per heavy atom. The van der Waals surface area contributed by atoms with Crippen molar-refractivity contribution in [2.45, 2.75) is 51.3 Å². The number of Topliss-reactive ketones (excluding diaryl/α,β-unsaturated/α-hetero) is 1. The van der Waals surface area contributed by atoms with E-state index >= 15 is 0 Å². The fraction of sp³-hybridized carbons (Fsp3) is 0.429. The van der Waals surface area contributed by atoms with E-state index in [0.29, 0.717) is 13.0 Å². The Hall–Kier alpha value is -3.56. The quantitative estimate of drug-likeness (QED) is 0.301. The molecule has 1 aliphatic rings. The lowest BCUT2D eigenvalue weighted by molar-refractivity contribution is -0.132. The fourth-order valence-corrected chi connectivity index (χ4v) is 4.02. The Labute approximate surface area is 217 Å². The van der Waals surface area contributed by atoms with Crippen LogP contribution in [0.5, 0.6) is 0 Å². The normalized spacial score (nSPS) is 18.0. The minimum Gasteiger partial charge on any atom is -0.361 e. The van der Waals surface area contributed by atoms with Gasteiger partial charge in [-0.3, -0.25) is 19.2 Å². The molecule has 0 saturated carbocycles. The van der Waals surface area contributed by atoms with Crippen LogP contribution in [0.2, 0.25) is 0 Å². The second-order valence-corrected chi connectivity index (χ2v) is 9.94. The SMILES string of the molecule is CC(C)C[C@H](NC(=O)CNC(=O)C(Cc1ccc(-c2ccccc2)cc1)NC(=O)CN)C(=O)C1(C)CO1. The average Bonchev–Trinajstić information content (AvgIpc) is 3.65. The zero-order valence-electron chi connectivity index (χ0n) is 21.6. The monoisotopic (exact) mass is 508 g/mol. The van der Waals surface area contributed by atoms with Crippen LogP contribution in [-0.2, 0) is 30.3 Å². The van der Waals surface area contributed by atoms with E-state index in [-0.39, 0.29) is 31.2 Å². The zero-order valence-corrected chi connectivity index (χ0v) is 21.6. The Bertz CT molecular complexity index is 1100. The van der Waals surface area contributed by atoms with E-state index in [9.17, 15) is 19.2 Å². The van der Waals surface area contributed by atoms with Gasteiger partial charge in [-0.2, -0.15) is 0 Å². The number of ketones is 1. The topological polar surface area (TPSA) is 143 Å². The number of rotatable bonds is 13. The van der Waals surface area contributed by atoms with Gasteiger partial charge in [0, 0.05) is 6.42 Å². The third-order valence-electron chi connectivity index (χ3n) is 6.22. The second-order valence-electron chi connectivity index (χ2n) is 9.94. The highest BCUT2D eigenvalue weighted by atomic mass is 16.6. The maximum absolute atomic E-state index is 12.9. The number of nitrogens with two attached hydrogens (primary N) is 1. The number of carbonyl (C=O) groups is 4. The van der Waals surface area contributed by atoms with E-state index in [1.807, 2.05) is 68.4 Å². The predicted octanol–water partition coefficient (Wildman–Crippen LogP) is 1.34. The molecule has 0 spiro atoms. The molecule has 0 radical (unpaired) electrons. The lowest BCUT2D eigenvalue weighted by Gasteiger charge is -2.22. The maximum Gasteiger partial charge on any atom is 0.243 e. The van der Waals surface area contributed by atoms with Crippen LogP contribution < -0.4 is 21.7 Å². The van der Waals surface area contributed by atoms with Gasteiger partial charge < -0.3 is 26.4 Å². The van der Waals surface area contributed by atoms with Gasteiger partial charge >= 0.3 is 0 Å². The molecule has 5 N–H and O–H groups in total. The lowest BCUT2D eigenvalue weighted by Crippen LogP contribution is -2.53. The van der Waals surface area contributed by atoms with Crippen molar-refractivity contribution < 1.29 is 23.9 Å². The molecule has 198 valence electrons. The number of epoxide rings is 1. The van der Waals surface area contributed by atoms with Crippen LogP contribution in [0.4, 0.5) is 0 Å². The molecule has 1 saturated heterocycles. The molecular weight excluding hydrogens is 472 g/mol. The minimum absolute atomic E-state index is 0.173. The first-order valence-electron chi connectivity index (χ1n) is 12.5. The van der Waals surface area contributed by atoms with E-state index < -0.39 is 35.4 Å². The molecule has 0 bridgehead atoms. The third kappa shape index (κ3) is 8.23. The molecule has 1 heterocycles. The second kappa shape index (κ2) is 12.6. The number of hydrogen-bond donors (Lipinski definition) is 4. The van der Waals surface area contributed by atoms with E-state index in [1.54, 1.807) is 6.92 Å². The molecule has 3 rings (SSSR count). The first-order chi connectivity index (χ1) is 17.6. The molecule has 2 unspecified atom stereocenters. The van der Waals surface area contributed by atoms with Crippen molar-refractivity contribution in [2.75, 3.05) is 19.7 Å². The van der Waals surface area contributed by atoms with Crippen LogP contribution in [0.25, 0.3) is 11.1 Å². The van der Waals surface area contributed by atoms with Gasteiger partial charge in [0.1, 0.15) is 11.6 Å². The summed E-state index contributed by atoms with van der Waals surface area (Å²) in [5.41, 5.74) is 7.51. The largest absolute Gasteiger partial charge is 0.361 e. The van der Waals surface area contributed by atoms with E-state index in [1.165, 1.54) is 0 Å². The molecule has 3 amide bonds. The molecule has 2 aromatic carbocycles. The fourth-order valence-electron chi connectivity index (χ4n) is 4.02. The highest BCUT2D eigenvalue weighted by Crippen LogP contribution is 2.29. The minimum atomic E-state index is -0.918. The number of amides is 3. The summed E-state index contributed by atoms with van der Waals surface area (Å²) in [6, 6.07) is 16.0. The van der Waals surface area contributed by atoms with Crippen LogP contribution in [0.1, 0.15) is 32.8 Å². The lowest BCUT2D eigenvalue weighted by atomic mass is 9.93. The van der Waals surface area contributed by atoms with Crippen molar-refractivity contribution in [3.8, 4) is 11.1 Å². The van der Waals surface area contributed by atoms with Crippen LogP contribution in [0.15, 0.2) is 54.6 Å². The molecule has 1 fully saturated rings. The molecule has 37 heavy (non-hydrogen) atoms. The Kier molecular flexibility index (Phi) is 9.54. The van der Waals surface area contributed by atoms with E-state index in [2.05, 4.69) is 16.0 Å². The first kappa shape index (κ1) is 28.0. The summed E-state index contributed by atoms with van der Waals surface area (Å²) in [5.74, 6) is -1.49. The zero-order chi connectivity index (χ0) is 27.0. The van der Waals surface area contributed by atoms with Crippen molar-refractivity contribution in [1.29, 1.82) is 0 Å². The van der Waals surface area contributed by atoms with Crippen molar-refractivity contribution >= 4 is 23.5 Å². The molecule has 2 aromatic rings. The predicted molar refractivity (Wildman–Crippen MR) is 140 cm³/mol. The number of carbonyl (C=O) groups excluding carboxylic acids is 4. The Morgan fingerprint density at radius 2 is 1.51 bits per heavy atom. The molecule has 0 aliphatic carbocycles. The smallest absolute Gasteiger partial charge is 0.243 e. The van der Waals surface area contributed by atoms with Gasteiger partial charge in [0.05, 0.1) is 25.7 Å². The molecule has 3 atom stereocenters. The van der Waals surface area contributed by atoms with E-state index in [0.717, 1.165) is 16.7 Å². The van der Waals surface area contributed by atoms with Gasteiger partial charge in [-0.15, -0.1) is 0 Å². The third-order valence-corrected chi connectivity index (χ3v) is 6.22. The molecule has 9 nitrogen and oxygen atoms in total. The maximum atomic E-state index is 12.9. The summed E-state index contributed by atoms with van der Waals surface area (Å²) >= 11 is 0. The van der Waals surface area contributed by atoms with E-state index in [4.69, 9.17) is 10.5 Å². The van der Waals surface area contributed by atoms with Crippen LogP contribution in [-0.4, -0.2) is 60.9 Å². The Morgan fingerprint density at radius 1 is 0.919 bits per heavy atom. The van der Waals surface area contributed by atoms with Gasteiger partial charge in [0.2, 0.25) is 17.7 Å². The molecule has 9 heteroatoms. The van der Waals surface area contributed by atoms with Crippen molar-refractivity contribution in [3.63, 3.8) is 0 Å². The summed E-state index contributed by atoms with van der Waals surface area (Å²) in [4.78, 5) is 50.2. The van der Waals surface area contributed by atoms with Gasteiger partial charge in [-0.25, -0.2) is 0 Å². The number of nitrogens with one attached hydrogen (secondary N) is 3. The van der Waals surface area contributed by atoms with Gasteiger partial charge in [0.25, 0.3) is 0 Å². The van der Waals surface area contributed by atoms with Crippen LogP contribution >= 0.6 is 0 Å². The highest BCUT2D eigenvalue weighted by molar-refractivity contribution is 5.97. The number of ether oxygens (including phenoxy) is 1. The van der Waals surface area contributed by atoms with Crippen LogP contribution in [0.3, 0.4) is 0 Å². The van der Waals surface area contributed by atoms with Gasteiger partial charge in [-0.05, 0) is 36.0 Å². The van der Waals surface area contributed by atoms with Gasteiger partial charge in [-0.1, -0.05) is 68.4 Å². The standard InChI is InChI=1S/C28H36N4O5/c1-18(2)13-22(26(35)28(3)17-37-28)31-25(34)16-30-27(36)23(32-24(33)15-29)14-19-9-11-21(12-10-19)20-7-5-4-6-8-20/h4-12,18,22-23H,13-17,29H2,1-3H3,(H,30,36)(H,31,34)(H,32,33)/t22-,23?,28?/m0/s1. The van der Waals surface area contributed by atoms with Crippen molar-refractivity contribution in [1.82, 2.24) is 16.0 Å². The Balaban J connectivity index is 1.61. The van der Waals surface area contributed by atoms with Crippen molar-refractivity contribution in [2.24, 2.45) is 11.7 Å². The summed E-state index contributed by atoms with van der Waals surface area (Å²) in [5, 5.41) is 7.91. The summed E-state index contributed by atoms with van der Waals surface area (Å²) < 4.78 is 5.25. The molecular formula is C28H36N4O5. The summed E-state index contributed by atoms with van der Waals surface area (Å²) in [6.45, 7) is 5.36. The van der Waals surface area contributed by atoms with Crippen molar-refractivity contribution in [3.05, 3.63) is 60.2 Å². The summed E-state index contributed by atoms with van der Waals surface area (Å²) in [7, 11) is 0. The van der Waals surface area contributed by atoms with Crippen LogP contribution in [0, 0.1) is 5.92 Å². The highest BCUT2D eigenvalue weighted by Gasteiger charge is 2.50. The first-order valence-corrected chi connectivity index (χ1v) is 12.5.